The van der Waals surface area contributed by atoms with E-state index in [-0.39, 0.29) is 0 Å². The minimum Gasteiger partial charge on any atom is -0.387 e. The molecule has 0 radical (unpaired) electrons. The lowest BCUT2D eigenvalue weighted by Crippen LogP contribution is -2.36. The maximum absolute atomic E-state index is 10.2. The summed E-state index contributed by atoms with van der Waals surface area (Å²) in [5, 5.41) is 15.1. The molecule has 2 rings (SSSR count). The molecule has 0 aromatic heterocycles. The minimum atomic E-state index is -0.521. The highest BCUT2D eigenvalue weighted by Gasteiger charge is 2.21. The third-order valence-electron chi connectivity index (χ3n) is 3.87. The molecule has 1 fully saturated rings. The summed E-state index contributed by atoms with van der Waals surface area (Å²) in [5.74, 6) is 0. The van der Waals surface area contributed by atoms with Crippen LogP contribution in [0.4, 0.5) is 0 Å². The number of aliphatic hydroxyl groups is 1. The van der Waals surface area contributed by atoms with Crippen LogP contribution in [-0.4, -0.2) is 29.2 Å². The third kappa shape index (κ3) is 4.38. The van der Waals surface area contributed by atoms with Crippen LogP contribution in [0.5, 0.6) is 0 Å². The van der Waals surface area contributed by atoms with Gasteiger partial charge in [-0.15, -0.1) is 0 Å². The van der Waals surface area contributed by atoms with Crippen LogP contribution in [-0.2, 0) is 0 Å². The molecule has 1 aliphatic carbocycles. The van der Waals surface area contributed by atoms with Crippen molar-refractivity contribution in [3.05, 3.63) is 34.9 Å². The lowest BCUT2D eigenvalue weighted by Gasteiger charge is -2.29. The van der Waals surface area contributed by atoms with Gasteiger partial charge in [0, 0.05) is 28.4 Å². The van der Waals surface area contributed by atoms with E-state index in [0.717, 1.165) is 10.8 Å². The van der Waals surface area contributed by atoms with E-state index in [4.69, 9.17) is 11.6 Å². The van der Waals surface area contributed by atoms with Gasteiger partial charge in [-0.1, -0.05) is 29.8 Å². The zero-order valence-electron chi connectivity index (χ0n) is 11.3. The molecule has 1 aromatic rings. The molecule has 0 saturated heterocycles. The van der Waals surface area contributed by atoms with E-state index in [0.29, 0.717) is 17.6 Å². The summed E-state index contributed by atoms with van der Waals surface area (Å²) in [4.78, 5) is 0. The number of hydrogen-bond acceptors (Lipinski definition) is 3. The minimum absolute atomic E-state index is 0.521. The largest absolute Gasteiger partial charge is 0.387 e. The molecule has 1 saturated carbocycles. The van der Waals surface area contributed by atoms with Crippen LogP contribution in [0.15, 0.2) is 24.3 Å². The number of halogens is 1. The molecule has 4 heteroatoms. The number of aliphatic hydroxyl groups excluding tert-OH is 1. The van der Waals surface area contributed by atoms with Gasteiger partial charge < -0.3 is 10.4 Å². The fourth-order valence-corrected chi connectivity index (χ4v) is 3.64. The molecular formula is C15H22ClNOS. The average Bonchev–Trinajstić information content (AvgIpc) is 2.46. The predicted molar refractivity (Wildman–Crippen MR) is 84.0 cm³/mol. The maximum Gasteiger partial charge on any atom is 0.0928 e. The van der Waals surface area contributed by atoms with Crippen molar-refractivity contribution in [3.8, 4) is 0 Å². The lowest BCUT2D eigenvalue weighted by molar-refractivity contribution is 0.166. The molecule has 1 aromatic carbocycles. The summed E-state index contributed by atoms with van der Waals surface area (Å²) >= 11 is 8.06. The van der Waals surface area contributed by atoms with E-state index in [1.165, 1.54) is 25.7 Å². The first-order chi connectivity index (χ1) is 9.20. The Kier molecular flexibility index (Phi) is 6.02. The average molecular weight is 300 g/mol. The van der Waals surface area contributed by atoms with Gasteiger partial charge in [-0.2, -0.15) is 11.8 Å². The fourth-order valence-electron chi connectivity index (χ4n) is 2.64. The summed E-state index contributed by atoms with van der Waals surface area (Å²) in [6, 6.07) is 8.05. The first-order valence-corrected chi connectivity index (χ1v) is 8.56. The van der Waals surface area contributed by atoms with Gasteiger partial charge in [0.15, 0.2) is 0 Å². The number of rotatable bonds is 5. The molecule has 1 atom stereocenters. The van der Waals surface area contributed by atoms with Crippen molar-refractivity contribution < 1.29 is 5.11 Å². The third-order valence-corrected chi connectivity index (χ3v) is 5.35. The van der Waals surface area contributed by atoms with Crippen molar-refractivity contribution in [2.75, 3.05) is 12.8 Å². The topological polar surface area (TPSA) is 32.3 Å². The van der Waals surface area contributed by atoms with Gasteiger partial charge in [0.05, 0.1) is 6.10 Å². The highest BCUT2D eigenvalue weighted by atomic mass is 35.5. The Balaban J connectivity index is 1.78. The van der Waals surface area contributed by atoms with Crippen molar-refractivity contribution >= 4 is 23.4 Å². The Morgan fingerprint density at radius 3 is 2.63 bits per heavy atom. The first-order valence-electron chi connectivity index (χ1n) is 6.89. The molecule has 1 unspecified atom stereocenters. The van der Waals surface area contributed by atoms with Crippen molar-refractivity contribution in [1.29, 1.82) is 0 Å². The summed E-state index contributed by atoms with van der Waals surface area (Å²) in [6.07, 6.45) is 6.65. The molecule has 0 aliphatic heterocycles. The van der Waals surface area contributed by atoms with Gasteiger partial charge in [0.2, 0.25) is 0 Å². The lowest BCUT2D eigenvalue weighted by atomic mass is 9.94. The van der Waals surface area contributed by atoms with Gasteiger partial charge in [-0.25, -0.2) is 0 Å². The van der Waals surface area contributed by atoms with Crippen LogP contribution in [0.1, 0.15) is 37.4 Å². The summed E-state index contributed by atoms with van der Waals surface area (Å²) < 4.78 is 0. The first kappa shape index (κ1) is 15.2. The van der Waals surface area contributed by atoms with E-state index in [1.54, 1.807) is 0 Å². The smallest absolute Gasteiger partial charge is 0.0928 e. The Morgan fingerprint density at radius 1 is 1.32 bits per heavy atom. The SMILES string of the molecule is CSC1CCC(NCC(O)c2ccccc2Cl)CC1. The highest BCUT2D eigenvalue weighted by Crippen LogP contribution is 2.27. The fraction of sp³-hybridized carbons (Fsp3) is 0.600. The maximum atomic E-state index is 10.2. The van der Waals surface area contributed by atoms with Crippen molar-refractivity contribution in [1.82, 2.24) is 5.32 Å². The van der Waals surface area contributed by atoms with Crippen LogP contribution in [0.3, 0.4) is 0 Å². The molecule has 19 heavy (non-hydrogen) atoms. The van der Waals surface area contributed by atoms with Crippen LogP contribution < -0.4 is 5.32 Å². The molecular weight excluding hydrogens is 278 g/mol. The van der Waals surface area contributed by atoms with Gasteiger partial charge in [0.1, 0.15) is 0 Å². The zero-order valence-corrected chi connectivity index (χ0v) is 12.9. The number of hydrogen-bond donors (Lipinski definition) is 2. The molecule has 2 nitrogen and oxygen atoms in total. The van der Waals surface area contributed by atoms with E-state index < -0.39 is 6.10 Å². The Bertz CT molecular complexity index is 393. The quantitative estimate of drug-likeness (QED) is 0.871. The Hall–Kier alpha value is -0.220. The second-order valence-electron chi connectivity index (χ2n) is 5.15. The highest BCUT2D eigenvalue weighted by molar-refractivity contribution is 7.99. The van der Waals surface area contributed by atoms with E-state index in [2.05, 4.69) is 11.6 Å². The Labute approximate surface area is 124 Å². The Morgan fingerprint density at radius 2 is 2.00 bits per heavy atom. The van der Waals surface area contributed by atoms with Gasteiger partial charge in [-0.05, 0) is 38.0 Å². The number of benzene rings is 1. The van der Waals surface area contributed by atoms with Gasteiger partial charge in [0.25, 0.3) is 0 Å². The number of thioether (sulfide) groups is 1. The molecule has 1 aliphatic rings. The summed E-state index contributed by atoms with van der Waals surface area (Å²) in [7, 11) is 0. The molecule has 0 heterocycles. The van der Waals surface area contributed by atoms with Crippen LogP contribution in [0.2, 0.25) is 5.02 Å². The second kappa shape index (κ2) is 7.53. The molecule has 106 valence electrons. The van der Waals surface area contributed by atoms with Gasteiger partial charge >= 0.3 is 0 Å². The predicted octanol–water partition coefficient (Wildman–Crippen LogP) is 3.64. The standard InChI is InChI=1S/C15H22ClNOS/c1-19-12-8-6-11(7-9-12)17-10-15(18)13-4-2-3-5-14(13)16/h2-5,11-12,15,17-18H,6-10H2,1H3. The van der Waals surface area contributed by atoms with Gasteiger partial charge in [-0.3, -0.25) is 0 Å². The van der Waals surface area contributed by atoms with E-state index in [9.17, 15) is 5.11 Å². The monoisotopic (exact) mass is 299 g/mol. The second-order valence-corrected chi connectivity index (χ2v) is 6.70. The molecule has 0 amide bonds. The normalized spacial score (nSPS) is 25.2. The summed E-state index contributed by atoms with van der Waals surface area (Å²) in [5.41, 5.74) is 0.814. The molecule has 0 spiro atoms. The number of nitrogens with one attached hydrogen (secondary N) is 1. The molecule has 0 bridgehead atoms. The van der Waals surface area contributed by atoms with Crippen LogP contribution in [0.25, 0.3) is 0 Å². The van der Waals surface area contributed by atoms with Crippen molar-refractivity contribution in [3.63, 3.8) is 0 Å². The summed E-state index contributed by atoms with van der Waals surface area (Å²) in [6.45, 7) is 0.582. The van der Waals surface area contributed by atoms with E-state index in [1.807, 2.05) is 36.0 Å². The van der Waals surface area contributed by atoms with Crippen LogP contribution in [0, 0.1) is 0 Å². The van der Waals surface area contributed by atoms with Crippen molar-refractivity contribution in [2.45, 2.75) is 43.1 Å². The molecule has 2 N–H and O–H groups in total. The zero-order chi connectivity index (χ0) is 13.7. The van der Waals surface area contributed by atoms with E-state index >= 15 is 0 Å². The van der Waals surface area contributed by atoms with Crippen molar-refractivity contribution in [2.24, 2.45) is 0 Å². The van der Waals surface area contributed by atoms with Crippen LogP contribution >= 0.6 is 23.4 Å².